The molecule has 0 bridgehead atoms. The van der Waals surface area contributed by atoms with Crippen molar-refractivity contribution in [2.24, 2.45) is 0 Å². The van der Waals surface area contributed by atoms with E-state index in [2.05, 4.69) is 31.3 Å². The van der Waals surface area contributed by atoms with Gasteiger partial charge >= 0.3 is 0 Å². The minimum absolute atomic E-state index is 0.468. The molecule has 2 unspecified atom stereocenters. The number of rotatable bonds is 5. The van der Waals surface area contributed by atoms with Crippen LogP contribution >= 0.6 is 11.3 Å². The number of thiophene rings is 1. The maximum Gasteiger partial charge on any atom is 0.0587 e. The van der Waals surface area contributed by atoms with E-state index in [9.17, 15) is 0 Å². The van der Waals surface area contributed by atoms with E-state index in [0.29, 0.717) is 12.1 Å². The van der Waals surface area contributed by atoms with Crippen molar-refractivity contribution in [2.75, 3.05) is 6.61 Å². The van der Waals surface area contributed by atoms with Gasteiger partial charge in [0, 0.05) is 28.9 Å². The Hall–Kier alpha value is -0.380. The molecule has 17 heavy (non-hydrogen) atoms. The van der Waals surface area contributed by atoms with Crippen molar-refractivity contribution in [2.45, 2.75) is 58.2 Å². The Bertz CT molecular complexity index is 337. The third kappa shape index (κ3) is 3.80. The van der Waals surface area contributed by atoms with Gasteiger partial charge in [0.25, 0.3) is 0 Å². The molecular weight excluding hydrogens is 230 g/mol. The zero-order valence-corrected chi connectivity index (χ0v) is 11.7. The van der Waals surface area contributed by atoms with Crippen LogP contribution in [0.2, 0.25) is 0 Å². The summed E-state index contributed by atoms with van der Waals surface area (Å²) in [6.45, 7) is 6.36. The average molecular weight is 253 g/mol. The fourth-order valence-corrected chi connectivity index (χ4v) is 3.21. The summed E-state index contributed by atoms with van der Waals surface area (Å²) in [4.78, 5) is 2.95. The SMILES string of the molecule is CCc1ccc(CNC2CCOC(CC)C2)s1. The van der Waals surface area contributed by atoms with Crippen LogP contribution in [0.5, 0.6) is 0 Å². The first-order valence-electron chi connectivity index (χ1n) is 6.74. The van der Waals surface area contributed by atoms with Gasteiger partial charge in [-0.1, -0.05) is 13.8 Å². The summed E-state index contributed by atoms with van der Waals surface area (Å²) in [7, 11) is 0. The quantitative estimate of drug-likeness (QED) is 0.869. The third-order valence-electron chi connectivity index (χ3n) is 3.45. The molecule has 0 aliphatic carbocycles. The maximum atomic E-state index is 5.69. The van der Waals surface area contributed by atoms with Gasteiger partial charge in [-0.25, -0.2) is 0 Å². The average Bonchev–Trinajstić information content (AvgIpc) is 2.84. The highest BCUT2D eigenvalue weighted by molar-refractivity contribution is 7.11. The van der Waals surface area contributed by atoms with Crippen LogP contribution in [-0.2, 0) is 17.7 Å². The summed E-state index contributed by atoms with van der Waals surface area (Å²) in [5.74, 6) is 0. The van der Waals surface area contributed by atoms with Crippen molar-refractivity contribution in [1.82, 2.24) is 5.32 Å². The van der Waals surface area contributed by atoms with Gasteiger partial charge in [0.05, 0.1) is 6.10 Å². The van der Waals surface area contributed by atoms with E-state index in [1.807, 2.05) is 11.3 Å². The van der Waals surface area contributed by atoms with Crippen molar-refractivity contribution < 1.29 is 4.74 Å². The Balaban J connectivity index is 1.77. The Kier molecular flexibility index (Phi) is 5.01. The van der Waals surface area contributed by atoms with E-state index < -0.39 is 0 Å². The van der Waals surface area contributed by atoms with Gasteiger partial charge in [-0.3, -0.25) is 0 Å². The molecular formula is C14H23NOS. The zero-order valence-electron chi connectivity index (χ0n) is 10.9. The molecule has 0 radical (unpaired) electrons. The largest absolute Gasteiger partial charge is 0.378 e. The summed E-state index contributed by atoms with van der Waals surface area (Å²) in [6, 6.07) is 5.15. The second kappa shape index (κ2) is 6.53. The van der Waals surface area contributed by atoms with E-state index in [-0.39, 0.29) is 0 Å². The van der Waals surface area contributed by atoms with Crippen molar-refractivity contribution >= 4 is 11.3 Å². The summed E-state index contributed by atoms with van der Waals surface area (Å²) in [5.41, 5.74) is 0. The van der Waals surface area contributed by atoms with Crippen LogP contribution in [0.25, 0.3) is 0 Å². The smallest absolute Gasteiger partial charge is 0.0587 e. The Morgan fingerprint density at radius 1 is 1.35 bits per heavy atom. The molecule has 1 saturated heterocycles. The first kappa shape index (κ1) is 13.1. The van der Waals surface area contributed by atoms with Crippen molar-refractivity contribution in [1.29, 1.82) is 0 Å². The molecule has 2 rings (SSSR count). The lowest BCUT2D eigenvalue weighted by atomic mass is 10.0. The molecule has 2 atom stereocenters. The summed E-state index contributed by atoms with van der Waals surface area (Å²) in [5, 5.41) is 3.67. The highest BCUT2D eigenvalue weighted by Gasteiger charge is 2.20. The van der Waals surface area contributed by atoms with Gasteiger partial charge in [0.2, 0.25) is 0 Å². The van der Waals surface area contributed by atoms with Gasteiger partial charge < -0.3 is 10.1 Å². The first-order chi connectivity index (χ1) is 8.31. The third-order valence-corrected chi connectivity index (χ3v) is 4.68. The Morgan fingerprint density at radius 2 is 2.18 bits per heavy atom. The lowest BCUT2D eigenvalue weighted by molar-refractivity contribution is -0.000275. The number of nitrogens with one attached hydrogen (secondary N) is 1. The molecule has 1 aliphatic rings. The van der Waals surface area contributed by atoms with E-state index in [4.69, 9.17) is 4.74 Å². The molecule has 0 spiro atoms. The predicted octanol–water partition coefficient (Wildman–Crippen LogP) is 3.36. The van der Waals surface area contributed by atoms with Gasteiger partial charge in [0.1, 0.15) is 0 Å². The lowest BCUT2D eigenvalue weighted by Crippen LogP contribution is -2.38. The van der Waals surface area contributed by atoms with Gasteiger partial charge in [-0.15, -0.1) is 11.3 Å². The number of hydrogen-bond acceptors (Lipinski definition) is 3. The molecule has 1 aromatic rings. The summed E-state index contributed by atoms with van der Waals surface area (Å²) >= 11 is 1.93. The second-order valence-corrected chi connectivity index (χ2v) is 5.98. The molecule has 0 saturated carbocycles. The lowest BCUT2D eigenvalue weighted by Gasteiger charge is -2.29. The second-order valence-electron chi connectivity index (χ2n) is 4.72. The molecule has 96 valence electrons. The highest BCUT2D eigenvalue weighted by Crippen LogP contribution is 2.19. The van der Waals surface area contributed by atoms with E-state index in [1.165, 1.54) is 16.2 Å². The molecule has 1 N–H and O–H groups in total. The van der Waals surface area contributed by atoms with Crippen LogP contribution in [0, 0.1) is 0 Å². The first-order valence-corrected chi connectivity index (χ1v) is 7.56. The van der Waals surface area contributed by atoms with E-state index in [0.717, 1.165) is 32.4 Å². The van der Waals surface area contributed by atoms with E-state index >= 15 is 0 Å². The van der Waals surface area contributed by atoms with Gasteiger partial charge in [-0.05, 0) is 37.8 Å². The van der Waals surface area contributed by atoms with Crippen LogP contribution in [0.4, 0.5) is 0 Å². The van der Waals surface area contributed by atoms with Crippen LogP contribution in [0.3, 0.4) is 0 Å². The summed E-state index contributed by atoms with van der Waals surface area (Å²) in [6.07, 6.45) is 5.08. The van der Waals surface area contributed by atoms with Gasteiger partial charge in [0.15, 0.2) is 0 Å². The molecule has 0 amide bonds. The number of ether oxygens (including phenoxy) is 1. The minimum Gasteiger partial charge on any atom is -0.378 e. The van der Waals surface area contributed by atoms with Crippen LogP contribution in [0.1, 0.15) is 42.9 Å². The maximum absolute atomic E-state index is 5.69. The fraction of sp³-hybridized carbons (Fsp3) is 0.714. The molecule has 1 fully saturated rings. The normalized spacial score (nSPS) is 25.1. The van der Waals surface area contributed by atoms with Crippen LogP contribution in [-0.4, -0.2) is 18.8 Å². The standard InChI is InChI=1S/C14H23NOS/c1-3-12-9-11(7-8-16-12)15-10-14-6-5-13(4-2)17-14/h5-6,11-12,15H,3-4,7-10H2,1-2H3. The van der Waals surface area contributed by atoms with Gasteiger partial charge in [-0.2, -0.15) is 0 Å². The van der Waals surface area contributed by atoms with Crippen molar-refractivity contribution in [3.8, 4) is 0 Å². The van der Waals surface area contributed by atoms with E-state index in [1.54, 1.807) is 0 Å². The predicted molar refractivity (Wildman–Crippen MR) is 73.6 cm³/mol. The monoisotopic (exact) mass is 253 g/mol. The number of hydrogen-bond donors (Lipinski definition) is 1. The van der Waals surface area contributed by atoms with Crippen LogP contribution < -0.4 is 5.32 Å². The summed E-state index contributed by atoms with van der Waals surface area (Å²) < 4.78 is 5.69. The molecule has 0 aromatic carbocycles. The Labute approximate surface area is 108 Å². The Morgan fingerprint density at radius 3 is 2.88 bits per heavy atom. The van der Waals surface area contributed by atoms with Crippen LogP contribution in [0.15, 0.2) is 12.1 Å². The fourth-order valence-electron chi connectivity index (χ4n) is 2.30. The topological polar surface area (TPSA) is 21.3 Å². The van der Waals surface area contributed by atoms with Crippen molar-refractivity contribution in [3.63, 3.8) is 0 Å². The molecule has 1 aliphatic heterocycles. The number of aryl methyl sites for hydroxylation is 1. The molecule has 2 heterocycles. The molecule has 1 aromatic heterocycles. The molecule has 2 nitrogen and oxygen atoms in total. The minimum atomic E-state index is 0.468. The molecule has 3 heteroatoms. The van der Waals surface area contributed by atoms with Crippen molar-refractivity contribution in [3.05, 3.63) is 21.9 Å². The highest BCUT2D eigenvalue weighted by atomic mass is 32.1. The zero-order chi connectivity index (χ0) is 12.1.